The molecule has 0 radical (unpaired) electrons. The zero-order chi connectivity index (χ0) is 15.4. The largest absolute Gasteiger partial charge is 0.481 e. The topological polar surface area (TPSA) is 63.3 Å². The van der Waals surface area contributed by atoms with Crippen LogP contribution in [-0.2, 0) is 4.79 Å². The van der Waals surface area contributed by atoms with E-state index in [-0.39, 0.29) is 25.5 Å². The van der Waals surface area contributed by atoms with Crippen LogP contribution < -0.4 is 5.73 Å². The number of halogens is 4. The normalized spacial score (nSPS) is 14.1. The highest BCUT2D eigenvalue weighted by atomic mass is 19.2. The SMILES string of the molecule is CCC(CC(CN)C(=O)O)c1c(F)c(F)cc(F)c1F. The molecule has 2 unspecified atom stereocenters. The maximum Gasteiger partial charge on any atom is 0.307 e. The number of nitrogens with two attached hydrogens (primary N) is 1. The number of carbonyl (C=O) groups is 1. The van der Waals surface area contributed by atoms with Crippen molar-refractivity contribution in [3.05, 3.63) is 34.9 Å². The van der Waals surface area contributed by atoms with Crippen LogP contribution in [0.25, 0.3) is 0 Å². The molecule has 0 aliphatic heterocycles. The van der Waals surface area contributed by atoms with Gasteiger partial charge in [-0.1, -0.05) is 6.92 Å². The van der Waals surface area contributed by atoms with E-state index in [0.29, 0.717) is 0 Å². The molecule has 0 bridgehead atoms. The fourth-order valence-electron chi connectivity index (χ4n) is 2.08. The van der Waals surface area contributed by atoms with Crippen LogP contribution >= 0.6 is 0 Å². The smallest absolute Gasteiger partial charge is 0.307 e. The van der Waals surface area contributed by atoms with E-state index in [1.54, 1.807) is 6.92 Å². The molecule has 0 aromatic heterocycles. The molecule has 3 nitrogen and oxygen atoms in total. The summed E-state index contributed by atoms with van der Waals surface area (Å²) in [7, 11) is 0. The minimum Gasteiger partial charge on any atom is -0.481 e. The van der Waals surface area contributed by atoms with Gasteiger partial charge in [-0.25, -0.2) is 17.6 Å². The van der Waals surface area contributed by atoms with Gasteiger partial charge >= 0.3 is 5.97 Å². The summed E-state index contributed by atoms with van der Waals surface area (Å²) in [4.78, 5) is 10.9. The highest BCUT2D eigenvalue weighted by Gasteiger charge is 2.29. The van der Waals surface area contributed by atoms with Crippen molar-refractivity contribution >= 4 is 5.97 Å². The van der Waals surface area contributed by atoms with Gasteiger partial charge in [-0.3, -0.25) is 4.79 Å². The molecule has 3 N–H and O–H groups in total. The fraction of sp³-hybridized carbons (Fsp3) is 0.462. The molecule has 1 rings (SSSR count). The molecular formula is C13H15F4NO2. The minimum atomic E-state index is -1.50. The summed E-state index contributed by atoms with van der Waals surface area (Å²) in [6.45, 7) is 1.31. The molecule has 2 atom stereocenters. The van der Waals surface area contributed by atoms with Crippen molar-refractivity contribution < 1.29 is 27.5 Å². The third-order valence-electron chi connectivity index (χ3n) is 3.25. The Labute approximate surface area is 113 Å². The van der Waals surface area contributed by atoms with Crippen molar-refractivity contribution in [3.8, 4) is 0 Å². The van der Waals surface area contributed by atoms with E-state index in [1.807, 2.05) is 0 Å². The molecule has 0 heterocycles. The zero-order valence-electron chi connectivity index (χ0n) is 10.8. The van der Waals surface area contributed by atoms with Crippen LogP contribution in [0.1, 0.15) is 31.2 Å². The number of carboxylic acids is 1. The number of benzene rings is 1. The molecule has 0 fully saturated rings. The molecule has 0 amide bonds. The second-order valence-corrected chi connectivity index (χ2v) is 4.49. The third kappa shape index (κ3) is 3.27. The molecule has 112 valence electrons. The second-order valence-electron chi connectivity index (χ2n) is 4.49. The fourth-order valence-corrected chi connectivity index (χ4v) is 2.08. The predicted octanol–water partition coefficient (Wildman–Crippen LogP) is 2.79. The van der Waals surface area contributed by atoms with E-state index in [9.17, 15) is 22.4 Å². The summed E-state index contributed by atoms with van der Waals surface area (Å²) in [6.07, 6.45) is -0.0699. The molecule has 0 spiro atoms. The van der Waals surface area contributed by atoms with Crippen LogP contribution in [0, 0.1) is 29.2 Å². The molecule has 0 saturated carbocycles. The van der Waals surface area contributed by atoms with Crippen LogP contribution in [0.15, 0.2) is 6.07 Å². The Bertz CT molecular complexity index is 481. The standard InChI is InChI=1S/C13H15F4NO2/c1-2-6(3-7(5-18)13(19)20)10-11(16)8(14)4-9(15)12(10)17/h4,6-7H,2-3,5,18H2,1H3,(H,19,20). The Morgan fingerprint density at radius 2 is 1.75 bits per heavy atom. The van der Waals surface area contributed by atoms with Crippen LogP contribution in [0.5, 0.6) is 0 Å². The average Bonchev–Trinajstić information content (AvgIpc) is 2.40. The lowest BCUT2D eigenvalue weighted by molar-refractivity contribution is -0.141. The van der Waals surface area contributed by atoms with E-state index >= 15 is 0 Å². The van der Waals surface area contributed by atoms with Gasteiger partial charge in [0.25, 0.3) is 0 Å². The monoisotopic (exact) mass is 293 g/mol. The first-order chi connectivity index (χ1) is 9.33. The maximum absolute atomic E-state index is 13.7. The van der Waals surface area contributed by atoms with Crippen molar-refractivity contribution in [2.75, 3.05) is 6.54 Å². The van der Waals surface area contributed by atoms with E-state index in [2.05, 4.69) is 0 Å². The van der Waals surface area contributed by atoms with Gasteiger partial charge in [0.2, 0.25) is 0 Å². The van der Waals surface area contributed by atoms with Crippen LogP contribution in [0.4, 0.5) is 17.6 Å². The quantitative estimate of drug-likeness (QED) is 0.626. The Morgan fingerprint density at radius 3 is 2.10 bits per heavy atom. The van der Waals surface area contributed by atoms with Gasteiger partial charge in [-0.2, -0.15) is 0 Å². The van der Waals surface area contributed by atoms with Gasteiger partial charge in [0.05, 0.1) is 5.92 Å². The molecule has 0 aliphatic carbocycles. The summed E-state index contributed by atoms with van der Waals surface area (Å²) in [5.74, 6) is -9.21. The average molecular weight is 293 g/mol. The van der Waals surface area contributed by atoms with Gasteiger partial charge in [0.15, 0.2) is 23.3 Å². The first-order valence-electron chi connectivity index (χ1n) is 6.09. The summed E-state index contributed by atoms with van der Waals surface area (Å²) >= 11 is 0. The van der Waals surface area contributed by atoms with Gasteiger partial charge in [0.1, 0.15) is 0 Å². The molecule has 7 heteroatoms. The highest BCUT2D eigenvalue weighted by molar-refractivity contribution is 5.70. The lowest BCUT2D eigenvalue weighted by Gasteiger charge is -2.20. The first kappa shape index (κ1) is 16.4. The molecule has 0 aliphatic rings. The Kier molecular flexibility index (Phi) is 5.50. The minimum absolute atomic E-state index is 0.124. The van der Waals surface area contributed by atoms with E-state index in [1.165, 1.54) is 0 Å². The van der Waals surface area contributed by atoms with E-state index in [0.717, 1.165) is 0 Å². The molecule has 1 aromatic rings. The Balaban J connectivity index is 3.22. The van der Waals surface area contributed by atoms with Crippen molar-refractivity contribution in [1.82, 2.24) is 0 Å². The van der Waals surface area contributed by atoms with Crippen LogP contribution in [0.2, 0.25) is 0 Å². The first-order valence-corrected chi connectivity index (χ1v) is 6.09. The van der Waals surface area contributed by atoms with E-state index < -0.39 is 46.6 Å². The van der Waals surface area contributed by atoms with Crippen molar-refractivity contribution in [2.24, 2.45) is 11.7 Å². The lowest BCUT2D eigenvalue weighted by atomic mass is 9.86. The van der Waals surface area contributed by atoms with Crippen molar-refractivity contribution in [1.29, 1.82) is 0 Å². The summed E-state index contributed by atoms with van der Waals surface area (Å²) in [5, 5.41) is 8.90. The summed E-state index contributed by atoms with van der Waals surface area (Å²) in [5.41, 5.74) is 4.51. The van der Waals surface area contributed by atoms with Crippen molar-refractivity contribution in [3.63, 3.8) is 0 Å². The predicted molar refractivity (Wildman–Crippen MR) is 64.1 cm³/mol. The molecule has 0 saturated heterocycles. The lowest BCUT2D eigenvalue weighted by Crippen LogP contribution is -2.26. The molecule has 1 aromatic carbocycles. The number of rotatable bonds is 6. The van der Waals surface area contributed by atoms with Gasteiger partial charge in [-0.15, -0.1) is 0 Å². The zero-order valence-corrected chi connectivity index (χ0v) is 10.8. The van der Waals surface area contributed by atoms with Gasteiger partial charge in [0, 0.05) is 18.2 Å². The highest BCUT2D eigenvalue weighted by Crippen LogP contribution is 2.33. The third-order valence-corrected chi connectivity index (χ3v) is 3.25. The maximum atomic E-state index is 13.7. The number of carboxylic acid groups (broad SMARTS) is 1. The summed E-state index contributed by atoms with van der Waals surface area (Å²) < 4.78 is 53.7. The molecule has 20 heavy (non-hydrogen) atoms. The van der Waals surface area contributed by atoms with Crippen molar-refractivity contribution in [2.45, 2.75) is 25.7 Å². The Hall–Kier alpha value is -1.63. The van der Waals surface area contributed by atoms with Crippen LogP contribution in [0.3, 0.4) is 0 Å². The second kappa shape index (κ2) is 6.69. The number of hydrogen-bond donors (Lipinski definition) is 2. The van der Waals surface area contributed by atoms with Gasteiger partial charge in [-0.05, 0) is 18.8 Å². The van der Waals surface area contributed by atoms with Gasteiger partial charge < -0.3 is 10.8 Å². The summed E-state index contributed by atoms with van der Waals surface area (Å²) in [6, 6.07) is 0.124. The Morgan fingerprint density at radius 1 is 1.25 bits per heavy atom. The number of aliphatic carboxylic acids is 1. The van der Waals surface area contributed by atoms with E-state index in [4.69, 9.17) is 10.8 Å². The molecular weight excluding hydrogens is 278 g/mol. The van der Waals surface area contributed by atoms with Crippen LogP contribution in [-0.4, -0.2) is 17.6 Å². The number of hydrogen-bond acceptors (Lipinski definition) is 2.